The smallest absolute Gasteiger partial charge is 0.243 e. The Balaban J connectivity index is 1.23. The van der Waals surface area contributed by atoms with Gasteiger partial charge < -0.3 is 20.0 Å². The molecule has 1 aromatic carbocycles. The number of amides is 1. The Labute approximate surface area is 223 Å². The highest BCUT2D eigenvalue weighted by Gasteiger charge is 2.33. The van der Waals surface area contributed by atoms with Gasteiger partial charge >= 0.3 is 0 Å². The molecule has 1 atom stereocenters. The zero-order chi connectivity index (χ0) is 26.4. The van der Waals surface area contributed by atoms with Crippen molar-refractivity contribution in [2.75, 3.05) is 19.6 Å². The molecule has 2 fully saturated rings. The van der Waals surface area contributed by atoms with E-state index in [1.165, 1.54) is 12.0 Å². The van der Waals surface area contributed by atoms with Crippen molar-refractivity contribution >= 4 is 22.7 Å². The molecule has 1 saturated heterocycles. The van der Waals surface area contributed by atoms with Gasteiger partial charge in [-0.2, -0.15) is 5.10 Å². The lowest BCUT2D eigenvalue weighted by Crippen LogP contribution is -2.38. The number of nitrogens with one attached hydrogen (secondary N) is 2. The number of furan rings is 1. The third-order valence-electron chi connectivity index (χ3n) is 8.47. The maximum Gasteiger partial charge on any atom is 0.243 e. The summed E-state index contributed by atoms with van der Waals surface area (Å²) in [6.45, 7) is 9.50. The molecule has 38 heavy (non-hydrogen) atoms. The fourth-order valence-corrected chi connectivity index (χ4v) is 6.22. The van der Waals surface area contributed by atoms with E-state index in [4.69, 9.17) is 10.2 Å². The van der Waals surface area contributed by atoms with Crippen LogP contribution in [0.25, 0.3) is 22.3 Å². The number of fused-ring (bicyclic) bond motifs is 2. The first-order valence-electron chi connectivity index (χ1n) is 13.9. The lowest BCUT2D eigenvalue weighted by molar-refractivity contribution is -0.117. The molecule has 8 nitrogen and oxygen atoms in total. The Morgan fingerprint density at radius 2 is 2.03 bits per heavy atom. The molecular formula is C30H38N6O2. The minimum atomic E-state index is 0.0204. The van der Waals surface area contributed by atoms with Crippen molar-refractivity contribution in [2.24, 2.45) is 10.8 Å². The molecule has 1 unspecified atom stereocenters. The summed E-state index contributed by atoms with van der Waals surface area (Å²) in [4.78, 5) is 14.8. The first-order valence-corrected chi connectivity index (χ1v) is 13.9. The van der Waals surface area contributed by atoms with Gasteiger partial charge in [-0.1, -0.05) is 17.7 Å². The van der Waals surface area contributed by atoms with Crippen LogP contribution in [-0.4, -0.2) is 46.9 Å². The van der Waals surface area contributed by atoms with Crippen LogP contribution in [0.3, 0.4) is 0 Å². The predicted octanol–water partition coefficient (Wildman–Crippen LogP) is 4.66. The predicted molar refractivity (Wildman–Crippen MR) is 151 cm³/mol. The largest absolute Gasteiger partial charge is 0.456 e. The molecule has 3 aliphatic rings. The lowest BCUT2D eigenvalue weighted by Gasteiger charge is -2.32. The van der Waals surface area contributed by atoms with Gasteiger partial charge in [0.2, 0.25) is 5.91 Å². The minimum Gasteiger partial charge on any atom is -0.456 e. The minimum absolute atomic E-state index is 0.0204. The van der Waals surface area contributed by atoms with Crippen molar-refractivity contribution in [1.29, 1.82) is 0 Å². The Morgan fingerprint density at radius 3 is 2.76 bits per heavy atom. The second kappa shape index (κ2) is 9.98. The Hall–Kier alpha value is -3.52. The van der Waals surface area contributed by atoms with E-state index in [1.54, 1.807) is 6.08 Å². The van der Waals surface area contributed by atoms with Gasteiger partial charge in [-0.3, -0.25) is 15.1 Å². The number of amidine groups is 1. The fraction of sp³-hybridized carbons (Fsp3) is 0.467. The van der Waals surface area contributed by atoms with Crippen LogP contribution in [-0.2, 0) is 4.79 Å². The van der Waals surface area contributed by atoms with Gasteiger partial charge in [-0.15, -0.1) is 0 Å². The maximum absolute atomic E-state index is 12.4. The molecule has 4 N–H and O–H groups in total. The highest BCUT2D eigenvalue weighted by atomic mass is 16.3. The number of aryl methyl sites for hydroxylation is 2. The highest BCUT2D eigenvalue weighted by Crippen LogP contribution is 2.42. The third-order valence-corrected chi connectivity index (χ3v) is 8.47. The SMILES string of the molecule is Cc1ccc2oc(-c3cn(C4CCC(NC(=O)/C=C/CN5CCC5)CC4)c4c3C(N)=NNC4C)c(C)c2c1. The second-order valence-electron chi connectivity index (χ2n) is 11.2. The van der Waals surface area contributed by atoms with Gasteiger partial charge in [0.1, 0.15) is 11.3 Å². The molecule has 6 rings (SSSR count). The van der Waals surface area contributed by atoms with Gasteiger partial charge in [0.25, 0.3) is 0 Å². The first-order chi connectivity index (χ1) is 18.4. The normalized spacial score (nSPS) is 23.7. The van der Waals surface area contributed by atoms with Gasteiger partial charge in [-0.05, 0) is 78.1 Å². The molecule has 4 heterocycles. The van der Waals surface area contributed by atoms with Crippen LogP contribution in [0.1, 0.15) is 73.5 Å². The lowest BCUT2D eigenvalue weighted by atomic mass is 9.90. The summed E-state index contributed by atoms with van der Waals surface area (Å²) in [5.74, 6) is 1.37. The van der Waals surface area contributed by atoms with Crippen molar-refractivity contribution < 1.29 is 9.21 Å². The quantitative estimate of drug-likeness (QED) is 0.415. The van der Waals surface area contributed by atoms with Crippen LogP contribution < -0.4 is 16.5 Å². The fourth-order valence-electron chi connectivity index (χ4n) is 6.22. The number of hydrogen-bond donors (Lipinski definition) is 3. The molecule has 2 aromatic heterocycles. The van der Waals surface area contributed by atoms with Crippen LogP contribution in [0.4, 0.5) is 0 Å². The van der Waals surface area contributed by atoms with Crippen LogP contribution >= 0.6 is 0 Å². The van der Waals surface area contributed by atoms with E-state index in [0.29, 0.717) is 11.9 Å². The summed E-state index contributed by atoms with van der Waals surface area (Å²) >= 11 is 0. The number of hydrazone groups is 1. The number of nitrogens with zero attached hydrogens (tertiary/aromatic N) is 3. The number of carbonyl (C=O) groups is 1. The Morgan fingerprint density at radius 1 is 1.24 bits per heavy atom. The molecular weight excluding hydrogens is 476 g/mol. The second-order valence-corrected chi connectivity index (χ2v) is 11.2. The molecule has 0 bridgehead atoms. The monoisotopic (exact) mass is 514 g/mol. The van der Waals surface area contributed by atoms with E-state index >= 15 is 0 Å². The number of benzene rings is 1. The topological polar surface area (TPSA) is 101 Å². The van der Waals surface area contributed by atoms with E-state index in [2.05, 4.69) is 64.4 Å². The van der Waals surface area contributed by atoms with Gasteiger partial charge in [-0.25, -0.2) is 0 Å². The number of aromatic nitrogens is 1. The van der Waals surface area contributed by atoms with E-state index in [1.807, 2.05) is 12.1 Å². The average molecular weight is 515 g/mol. The zero-order valence-corrected chi connectivity index (χ0v) is 22.6. The molecule has 1 saturated carbocycles. The Bertz CT molecular complexity index is 1420. The summed E-state index contributed by atoms with van der Waals surface area (Å²) in [5, 5.41) is 8.77. The highest BCUT2D eigenvalue weighted by molar-refractivity contribution is 6.06. The molecule has 0 spiro atoms. The molecule has 1 aliphatic carbocycles. The molecule has 1 amide bonds. The number of hydrogen-bond acceptors (Lipinski definition) is 6. The number of likely N-dealkylation sites (tertiary alicyclic amines) is 1. The number of rotatable bonds is 6. The molecule has 3 aromatic rings. The summed E-state index contributed by atoms with van der Waals surface area (Å²) in [6, 6.07) is 6.88. The summed E-state index contributed by atoms with van der Waals surface area (Å²) in [5.41, 5.74) is 16.0. The van der Waals surface area contributed by atoms with Crippen molar-refractivity contribution in [3.8, 4) is 11.3 Å². The third kappa shape index (κ3) is 4.51. The zero-order valence-electron chi connectivity index (χ0n) is 22.6. The molecule has 200 valence electrons. The Kier molecular flexibility index (Phi) is 6.51. The van der Waals surface area contributed by atoms with Gasteiger partial charge in [0, 0.05) is 47.4 Å². The van der Waals surface area contributed by atoms with E-state index in [-0.39, 0.29) is 18.0 Å². The van der Waals surface area contributed by atoms with Crippen LogP contribution in [0, 0.1) is 13.8 Å². The first kappa shape index (κ1) is 24.8. The number of carbonyl (C=O) groups excluding carboxylic acids is 1. The maximum atomic E-state index is 12.4. The standard InChI is InChI=1S/C30H38N6O2/c1-18-7-12-25-23(16-18)19(2)29(38-25)24-17-36(28-20(3)33-34-30(31)27(24)28)22-10-8-21(9-11-22)32-26(37)6-4-13-35-14-5-15-35/h4,6-7,12,16-17,20-22,33H,5,8-11,13-15H2,1-3H3,(H2,31,34)(H,32,37)/b6-4+. The van der Waals surface area contributed by atoms with Crippen molar-refractivity contribution in [2.45, 2.75) is 71.0 Å². The van der Waals surface area contributed by atoms with Crippen molar-refractivity contribution in [1.82, 2.24) is 20.2 Å². The van der Waals surface area contributed by atoms with E-state index in [9.17, 15) is 4.79 Å². The summed E-state index contributed by atoms with van der Waals surface area (Å²) in [7, 11) is 0. The van der Waals surface area contributed by atoms with Crippen LogP contribution in [0.2, 0.25) is 0 Å². The van der Waals surface area contributed by atoms with E-state index < -0.39 is 0 Å². The van der Waals surface area contributed by atoms with E-state index in [0.717, 1.165) is 84.4 Å². The summed E-state index contributed by atoms with van der Waals surface area (Å²) in [6.07, 6.45) is 11.1. The van der Waals surface area contributed by atoms with Crippen LogP contribution in [0.15, 0.2) is 46.1 Å². The average Bonchev–Trinajstić information content (AvgIpc) is 3.43. The van der Waals surface area contributed by atoms with Crippen molar-refractivity contribution in [3.63, 3.8) is 0 Å². The number of nitrogens with two attached hydrogens (primary N) is 1. The van der Waals surface area contributed by atoms with Gasteiger partial charge in [0.05, 0.1) is 17.3 Å². The van der Waals surface area contributed by atoms with Crippen molar-refractivity contribution in [3.05, 3.63) is 58.9 Å². The summed E-state index contributed by atoms with van der Waals surface area (Å²) < 4.78 is 8.80. The molecule has 0 radical (unpaired) electrons. The molecule has 2 aliphatic heterocycles. The van der Waals surface area contributed by atoms with Crippen LogP contribution in [0.5, 0.6) is 0 Å². The molecule has 8 heteroatoms. The van der Waals surface area contributed by atoms with Gasteiger partial charge in [0.15, 0.2) is 5.84 Å².